The van der Waals surface area contributed by atoms with Crippen molar-refractivity contribution in [2.24, 2.45) is 0 Å². The van der Waals surface area contributed by atoms with Gasteiger partial charge in [-0.3, -0.25) is 4.98 Å². The standard InChI is InChI=1S/C19H15N/c1-19(18-12-6-7-13-20-18)16-10-4-2-8-14(16)15-9-3-5-11-17(15)19/h2-13H,1H3. The lowest BCUT2D eigenvalue weighted by Gasteiger charge is -2.26. The molecule has 0 aliphatic heterocycles. The topological polar surface area (TPSA) is 12.9 Å². The van der Waals surface area contributed by atoms with Crippen LogP contribution in [0.3, 0.4) is 0 Å². The monoisotopic (exact) mass is 257 g/mol. The molecule has 0 spiro atoms. The third-order valence-electron chi connectivity index (χ3n) is 4.40. The van der Waals surface area contributed by atoms with Crippen molar-refractivity contribution in [2.75, 3.05) is 0 Å². The number of hydrogen-bond acceptors (Lipinski definition) is 1. The van der Waals surface area contributed by atoms with E-state index in [2.05, 4.69) is 72.6 Å². The Morgan fingerprint density at radius 1 is 0.700 bits per heavy atom. The van der Waals surface area contributed by atoms with Gasteiger partial charge in [-0.2, -0.15) is 0 Å². The number of nitrogens with zero attached hydrogens (tertiary/aromatic N) is 1. The van der Waals surface area contributed by atoms with Crippen molar-refractivity contribution < 1.29 is 0 Å². The Morgan fingerprint density at radius 3 is 1.80 bits per heavy atom. The summed E-state index contributed by atoms with van der Waals surface area (Å²) in [5.74, 6) is 0. The van der Waals surface area contributed by atoms with E-state index in [4.69, 9.17) is 0 Å². The summed E-state index contributed by atoms with van der Waals surface area (Å²) in [5.41, 5.74) is 6.30. The Bertz CT molecular complexity index is 729. The van der Waals surface area contributed by atoms with Crippen molar-refractivity contribution in [1.29, 1.82) is 0 Å². The lowest BCUT2D eigenvalue weighted by atomic mass is 9.77. The molecule has 1 heterocycles. The molecule has 1 heteroatoms. The Kier molecular flexibility index (Phi) is 2.31. The quantitative estimate of drug-likeness (QED) is 0.629. The van der Waals surface area contributed by atoms with Crippen LogP contribution in [0, 0.1) is 0 Å². The molecule has 1 aliphatic carbocycles. The van der Waals surface area contributed by atoms with Crippen LogP contribution in [-0.4, -0.2) is 4.98 Å². The number of hydrogen-bond donors (Lipinski definition) is 0. The van der Waals surface area contributed by atoms with Crippen molar-refractivity contribution >= 4 is 0 Å². The molecule has 96 valence electrons. The van der Waals surface area contributed by atoms with Gasteiger partial charge in [-0.25, -0.2) is 0 Å². The number of aromatic nitrogens is 1. The molecule has 1 nitrogen and oxygen atoms in total. The van der Waals surface area contributed by atoms with Gasteiger partial charge in [0.15, 0.2) is 0 Å². The molecule has 1 aliphatic rings. The predicted octanol–water partition coefficient (Wildman–Crippen LogP) is 4.42. The largest absolute Gasteiger partial charge is 0.260 e. The molecular weight excluding hydrogens is 242 g/mol. The molecular formula is C19H15N. The van der Waals surface area contributed by atoms with Crippen LogP contribution < -0.4 is 0 Å². The number of benzene rings is 2. The van der Waals surface area contributed by atoms with Crippen molar-refractivity contribution in [3.05, 3.63) is 89.7 Å². The first-order chi connectivity index (χ1) is 9.82. The third kappa shape index (κ3) is 1.35. The smallest absolute Gasteiger partial charge is 0.0607 e. The molecule has 0 saturated carbocycles. The fraction of sp³-hybridized carbons (Fsp3) is 0.105. The molecule has 0 unspecified atom stereocenters. The number of fused-ring (bicyclic) bond motifs is 3. The zero-order chi connectivity index (χ0) is 13.6. The van der Waals surface area contributed by atoms with Crippen molar-refractivity contribution in [2.45, 2.75) is 12.3 Å². The van der Waals surface area contributed by atoms with Gasteiger partial charge in [-0.15, -0.1) is 0 Å². The molecule has 0 N–H and O–H groups in total. The Labute approximate surface area is 118 Å². The zero-order valence-corrected chi connectivity index (χ0v) is 11.4. The van der Waals surface area contributed by atoms with Crippen LogP contribution in [0.25, 0.3) is 11.1 Å². The summed E-state index contributed by atoms with van der Waals surface area (Å²) in [6.07, 6.45) is 1.88. The molecule has 0 fully saturated rings. The highest BCUT2D eigenvalue weighted by atomic mass is 14.7. The molecule has 0 radical (unpaired) electrons. The maximum absolute atomic E-state index is 4.63. The highest BCUT2D eigenvalue weighted by molar-refractivity contribution is 5.82. The number of rotatable bonds is 1. The molecule has 0 amide bonds. The van der Waals surface area contributed by atoms with Crippen LogP contribution in [0.2, 0.25) is 0 Å². The highest BCUT2D eigenvalue weighted by Gasteiger charge is 2.41. The highest BCUT2D eigenvalue weighted by Crippen LogP contribution is 2.51. The lowest BCUT2D eigenvalue weighted by molar-refractivity contribution is 0.684. The molecule has 2 aromatic carbocycles. The van der Waals surface area contributed by atoms with Gasteiger partial charge in [0.25, 0.3) is 0 Å². The molecule has 1 aromatic heterocycles. The normalized spacial score (nSPS) is 14.7. The Morgan fingerprint density at radius 2 is 1.25 bits per heavy atom. The summed E-state index contributed by atoms with van der Waals surface area (Å²) < 4.78 is 0. The van der Waals surface area contributed by atoms with Crippen LogP contribution in [-0.2, 0) is 5.41 Å². The fourth-order valence-corrected chi connectivity index (χ4v) is 3.39. The third-order valence-corrected chi connectivity index (χ3v) is 4.40. The minimum atomic E-state index is -0.158. The molecule has 0 bridgehead atoms. The van der Waals surface area contributed by atoms with Crippen LogP contribution in [0.4, 0.5) is 0 Å². The van der Waals surface area contributed by atoms with E-state index in [0.29, 0.717) is 0 Å². The van der Waals surface area contributed by atoms with Gasteiger partial charge in [0.1, 0.15) is 0 Å². The molecule has 0 saturated heterocycles. The van der Waals surface area contributed by atoms with Crippen molar-refractivity contribution in [1.82, 2.24) is 4.98 Å². The van der Waals surface area contributed by atoms with Crippen molar-refractivity contribution in [3.63, 3.8) is 0 Å². The summed E-state index contributed by atoms with van der Waals surface area (Å²) >= 11 is 0. The Balaban J connectivity index is 2.10. The average molecular weight is 257 g/mol. The van der Waals surface area contributed by atoms with Crippen LogP contribution in [0.15, 0.2) is 72.9 Å². The van der Waals surface area contributed by atoms with Crippen LogP contribution >= 0.6 is 0 Å². The summed E-state index contributed by atoms with van der Waals surface area (Å²) in [6, 6.07) is 23.5. The van der Waals surface area contributed by atoms with Crippen LogP contribution in [0.1, 0.15) is 23.7 Å². The van der Waals surface area contributed by atoms with Gasteiger partial charge in [0.05, 0.1) is 11.1 Å². The van der Waals surface area contributed by atoms with Crippen molar-refractivity contribution in [3.8, 4) is 11.1 Å². The maximum atomic E-state index is 4.63. The first-order valence-electron chi connectivity index (χ1n) is 6.93. The van der Waals surface area contributed by atoms with E-state index in [1.807, 2.05) is 12.3 Å². The number of pyridine rings is 1. The second-order valence-electron chi connectivity index (χ2n) is 5.43. The van der Waals surface area contributed by atoms with Gasteiger partial charge >= 0.3 is 0 Å². The molecule has 4 rings (SSSR count). The molecule has 20 heavy (non-hydrogen) atoms. The zero-order valence-electron chi connectivity index (χ0n) is 11.4. The predicted molar refractivity (Wildman–Crippen MR) is 81.7 cm³/mol. The van der Waals surface area contributed by atoms with E-state index in [1.165, 1.54) is 22.3 Å². The Hall–Kier alpha value is -2.41. The van der Waals surface area contributed by atoms with Crippen LogP contribution in [0.5, 0.6) is 0 Å². The summed E-state index contributed by atoms with van der Waals surface area (Å²) in [5, 5.41) is 0. The van der Waals surface area contributed by atoms with Gasteiger partial charge < -0.3 is 0 Å². The van der Waals surface area contributed by atoms with Gasteiger partial charge in [-0.05, 0) is 41.3 Å². The average Bonchev–Trinajstić information content (AvgIpc) is 2.80. The van der Waals surface area contributed by atoms with Gasteiger partial charge in [-0.1, -0.05) is 54.6 Å². The lowest BCUT2D eigenvalue weighted by Crippen LogP contribution is -2.23. The minimum absolute atomic E-state index is 0.158. The summed E-state index contributed by atoms with van der Waals surface area (Å²) in [6.45, 7) is 2.28. The minimum Gasteiger partial charge on any atom is -0.260 e. The maximum Gasteiger partial charge on any atom is 0.0607 e. The molecule has 0 atom stereocenters. The van der Waals surface area contributed by atoms with E-state index in [9.17, 15) is 0 Å². The van der Waals surface area contributed by atoms with Gasteiger partial charge in [0, 0.05) is 6.20 Å². The summed E-state index contributed by atoms with van der Waals surface area (Å²) in [7, 11) is 0. The van der Waals surface area contributed by atoms with E-state index in [0.717, 1.165) is 5.69 Å². The fourth-order valence-electron chi connectivity index (χ4n) is 3.39. The van der Waals surface area contributed by atoms with E-state index in [1.54, 1.807) is 0 Å². The van der Waals surface area contributed by atoms with E-state index >= 15 is 0 Å². The van der Waals surface area contributed by atoms with Gasteiger partial charge in [0.2, 0.25) is 0 Å². The second-order valence-corrected chi connectivity index (χ2v) is 5.43. The van der Waals surface area contributed by atoms with E-state index < -0.39 is 0 Å². The van der Waals surface area contributed by atoms with E-state index in [-0.39, 0.29) is 5.41 Å². The summed E-state index contributed by atoms with van der Waals surface area (Å²) in [4.78, 5) is 4.63. The SMILES string of the molecule is CC1(c2ccccn2)c2ccccc2-c2ccccc21. The molecule has 3 aromatic rings. The second kappa shape index (κ2) is 4.04. The first-order valence-corrected chi connectivity index (χ1v) is 6.93. The first kappa shape index (κ1) is 11.4.